The molecule has 0 spiro atoms. The van der Waals surface area contributed by atoms with Crippen LogP contribution in [0.4, 0.5) is 0 Å². The standard InChI is InChI=1S/C27H32N2O6/c1-2-14-35-22-9-4-7-20(18-22)25(31)23-24(19-6-3-8-21(30)17-19)29(27(33)26(23)32)11-5-10-28-12-15-34-16-13-28/h3-4,6-9,17-18,24,30-31H,2,5,10-16H2,1H3. The molecule has 0 radical (unpaired) electrons. The zero-order chi connectivity index (χ0) is 24.8. The number of aliphatic hydroxyl groups is 1. The van der Waals surface area contributed by atoms with Crippen molar-refractivity contribution in [1.29, 1.82) is 0 Å². The lowest BCUT2D eigenvalue weighted by molar-refractivity contribution is -0.140. The van der Waals surface area contributed by atoms with Gasteiger partial charge >= 0.3 is 0 Å². The monoisotopic (exact) mass is 480 g/mol. The number of ketones is 1. The topological polar surface area (TPSA) is 99.5 Å². The number of hydrogen-bond donors (Lipinski definition) is 2. The lowest BCUT2D eigenvalue weighted by Gasteiger charge is -2.29. The van der Waals surface area contributed by atoms with Gasteiger partial charge in [-0.2, -0.15) is 0 Å². The third kappa shape index (κ3) is 5.66. The molecule has 0 saturated carbocycles. The van der Waals surface area contributed by atoms with Crippen molar-refractivity contribution in [2.75, 3.05) is 46.0 Å². The number of likely N-dealkylation sites (tertiary alicyclic amines) is 1. The summed E-state index contributed by atoms with van der Waals surface area (Å²) in [5, 5.41) is 21.3. The van der Waals surface area contributed by atoms with Crippen molar-refractivity contribution < 1.29 is 29.3 Å². The van der Waals surface area contributed by atoms with Gasteiger partial charge in [-0.05, 0) is 42.7 Å². The van der Waals surface area contributed by atoms with E-state index in [4.69, 9.17) is 9.47 Å². The molecule has 4 rings (SSSR count). The van der Waals surface area contributed by atoms with E-state index in [2.05, 4.69) is 4.90 Å². The lowest BCUT2D eigenvalue weighted by Crippen LogP contribution is -2.38. The first-order valence-electron chi connectivity index (χ1n) is 12.1. The molecular formula is C27H32N2O6. The molecule has 2 saturated heterocycles. The number of phenols is 1. The molecule has 2 aromatic carbocycles. The average molecular weight is 481 g/mol. The third-order valence-electron chi connectivity index (χ3n) is 6.28. The van der Waals surface area contributed by atoms with Crippen molar-refractivity contribution >= 4 is 17.4 Å². The van der Waals surface area contributed by atoms with Crippen LogP contribution < -0.4 is 4.74 Å². The zero-order valence-corrected chi connectivity index (χ0v) is 20.0. The summed E-state index contributed by atoms with van der Waals surface area (Å²) in [4.78, 5) is 30.1. The van der Waals surface area contributed by atoms with Gasteiger partial charge in [-0.3, -0.25) is 14.5 Å². The number of hydrogen-bond acceptors (Lipinski definition) is 7. The summed E-state index contributed by atoms with van der Waals surface area (Å²) in [6.45, 7) is 6.70. The van der Waals surface area contributed by atoms with E-state index in [9.17, 15) is 19.8 Å². The van der Waals surface area contributed by atoms with Crippen LogP contribution in [0.1, 0.15) is 36.9 Å². The van der Waals surface area contributed by atoms with Gasteiger partial charge in [-0.1, -0.05) is 31.2 Å². The van der Waals surface area contributed by atoms with E-state index in [0.717, 1.165) is 26.1 Å². The molecule has 1 amide bonds. The molecule has 2 aliphatic heterocycles. The summed E-state index contributed by atoms with van der Waals surface area (Å²) in [6, 6.07) is 12.5. The largest absolute Gasteiger partial charge is 0.508 e. The van der Waals surface area contributed by atoms with Gasteiger partial charge in [0, 0.05) is 31.7 Å². The highest BCUT2D eigenvalue weighted by molar-refractivity contribution is 6.46. The Labute approximate surface area is 205 Å². The molecule has 1 atom stereocenters. The molecule has 35 heavy (non-hydrogen) atoms. The smallest absolute Gasteiger partial charge is 0.295 e. The van der Waals surface area contributed by atoms with Gasteiger partial charge in [0.05, 0.1) is 31.4 Å². The molecule has 0 aromatic heterocycles. The number of carbonyl (C=O) groups is 2. The number of Topliss-reactive ketones (excluding diaryl/α,β-unsaturated/α-hetero) is 1. The SMILES string of the molecule is CCCOc1cccc(C(O)=C2C(=O)C(=O)N(CCCN3CCOCC3)C2c2cccc(O)c2)c1. The van der Waals surface area contributed by atoms with Crippen molar-refractivity contribution in [2.45, 2.75) is 25.8 Å². The van der Waals surface area contributed by atoms with Crippen LogP contribution in [0, 0.1) is 0 Å². The Bertz CT molecular complexity index is 1090. The molecule has 2 aliphatic rings. The summed E-state index contributed by atoms with van der Waals surface area (Å²) in [5.41, 5.74) is 0.977. The van der Waals surface area contributed by atoms with E-state index in [1.165, 1.54) is 17.0 Å². The lowest BCUT2D eigenvalue weighted by atomic mass is 9.95. The van der Waals surface area contributed by atoms with E-state index < -0.39 is 17.7 Å². The minimum absolute atomic E-state index is 0.0135. The highest BCUT2D eigenvalue weighted by Crippen LogP contribution is 2.40. The molecule has 1 unspecified atom stereocenters. The first-order valence-corrected chi connectivity index (χ1v) is 12.1. The highest BCUT2D eigenvalue weighted by Gasteiger charge is 2.46. The quantitative estimate of drug-likeness (QED) is 0.323. The summed E-state index contributed by atoms with van der Waals surface area (Å²) in [5.74, 6) is -1.04. The van der Waals surface area contributed by atoms with Gasteiger partial charge in [0.15, 0.2) is 0 Å². The Morgan fingerprint density at radius 1 is 1.09 bits per heavy atom. The minimum Gasteiger partial charge on any atom is -0.508 e. The number of aliphatic hydroxyl groups excluding tert-OH is 1. The van der Waals surface area contributed by atoms with Gasteiger partial charge in [0.25, 0.3) is 11.7 Å². The van der Waals surface area contributed by atoms with Crippen LogP contribution in [-0.4, -0.2) is 77.7 Å². The van der Waals surface area contributed by atoms with Crippen molar-refractivity contribution in [2.24, 2.45) is 0 Å². The Morgan fingerprint density at radius 2 is 1.86 bits per heavy atom. The van der Waals surface area contributed by atoms with Crippen molar-refractivity contribution in [3.63, 3.8) is 0 Å². The zero-order valence-electron chi connectivity index (χ0n) is 20.0. The van der Waals surface area contributed by atoms with Gasteiger partial charge in [-0.15, -0.1) is 0 Å². The molecule has 2 fully saturated rings. The number of rotatable bonds is 9. The van der Waals surface area contributed by atoms with E-state index in [1.807, 2.05) is 6.92 Å². The van der Waals surface area contributed by atoms with Crippen LogP contribution >= 0.6 is 0 Å². The van der Waals surface area contributed by atoms with Gasteiger partial charge in [0.1, 0.15) is 17.3 Å². The number of nitrogens with zero attached hydrogens (tertiary/aromatic N) is 2. The molecule has 2 N–H and O–H groups in total. The molecular weight excluding hydrogens is 448 g/mol. The number of aromatic hydroxyl groups is 1. The number of ether oxygens (including phenoxy) is 2. The predicted octanol–water partition coefficient (Wildman–Crippen LogP) is 3.33. The number of carbonyl (C=O) groups excluding carboxylic acids is 2. The maximum absolute atomic E-state index is 13.2. The average Bonchev–Trinajstić information content (AvgIpc) is 3.13. The number of morpholine rings is 1. The fourth-order valence-corrected chi connectivity index (χ4v) is 4.55. The fourth-order valence-electron chi connectivity index (χ4n) is 4.55. The first kappa shape index (κ1) is 24.8. The number of amides is 1. The molecule has 186 valence electrons. The summed E-state index contributed by atoms with van der Waals surface area (Å²) < 4.78 is 11.1. The van der Waals surface area contributed by atoms with E-state index >= 15 is 0 Å². The van der Waals surface area contributed by atoms with Gasteiger partial charge in [-0.25, -0.2) is 0 Å². The van der Waals surface area contributed by atoms with Crippen LogP contribution in [0.2, 0.25) is 0 Å². The molecule has 2 heterocycles. The van der Waals surface area contributed by atoms with Crippen molar-refractivity contribution in [1.82, 2.24) is 9.80 Å². The summed E-state index contributed by atoms with van der Waals surface area (Å²) in [6.07, 6.45) is 1.51. The minimum atomic E-state index is -0.799. The summed E-state index contributed by atoms with van der Waals surface area (Å²) >= 11 is 0. The Kier molecular flexibility index (Phi) is 8.05. The first-order chi connectivity index (χ1) is 17.0. The predicted molar refractivity (Wildman–Crippen MR) is 131 cm³/mol. The second kappa shape index (κ2) is 11.4. The number of phenolic OH excluding ortho intramolecular Hbond substituents is 1. The Balaban J connectivity index is 1.66. The second-order valence-corrected chi connectivity index (χ2v) is 8.77. The van der Waals surface area contributed by atoms with E-state index in [0.29, 0.717) is 49.7 Å². The molecule has 8 nitrogen and oxygen atoms in total. The van der Waals surface area contributed by atoms with Gasteiger partial charge in [0.2, 0.25) is 0 Å². The number of benzene rings is 2. The Morgan fingerprint density at radius 3 is 2.60 bits per heavy atom. The van der Waals surface area contributed by atoms with E-state index in [1.54, 1.807) is 36.4 Å². The third-order valence-corrected chi connectivity index (χ3v) is 6.28. The van der Waals surface area contributed by atoms with Crippen LogP contribution in [0.3, 0.4) is 0 Å². The molecule has 0 bridgehead atoms. The van der Waals surface area contributed by atoms with Gasteiger partial charge < -0.3 is 24.6 Å². The van der Waals surface area contributed by atoms with Crippen molar-refractivity contribution in [3.8, 4) is 11.5 Å². The second-order valence-electron chi connectivity index (χ2n) is 8.77. The Hall–Kier alpha value is -3.36. The van der Waals surface area contributed by atoms with Crippen LogP contribution in [-0.2, 0) is 14.3 Å². The molecule has 8 heteroatoms. The highest BCUT2D eigenvalue weighted by atomic mass is 16.5. The molecule has 0 aliphatic carbocycles. The fraction of sp³-hybridized carbons (Fsp3) is 0.407. The van der Waals surface area contributed by atoms with Crippen LogP contribution in [0.25, 0.3) is 5.76 Å². The summed E-state index contributed by atoms with van der Waals surface area (Å²) in [7, 11) is 0. The normalized spacial score (nSPS) is 20.4. The maximum Gasteiger partial charge on any atom is 0.295 e. The van der Waals surface area contributed by atoms with E-state index in [-0.39, 0.29) is 17.1 Å². The van der Waals surface area contributed by atoms with Crippen molar-refractivity contribution in [3.05, 3.63) is 65.2 Å². The van der Waals surface area contributed by atoms with Crippen LogP contribution in [0.15, 0.2) is 54.1 Å². The molecule has 2 aromatic rings. The van der Waals surface area contributed by atoms with Crippen LogP contribution in [0.5, 0.6) is 11.5 Å². The maximum atomic E-state index is 13.2.